The maximum Gasteiger partial charge on any atom is 0.0260 e. The van der Waals surface area contributed by atoms with Crippen molar-refractivity contribution in [2.24, 2.45) is 0 Å². The van der Waals surface area contributed by atoms with Gasteiger partial charge in [-0.3, -0.25) is 0 Å². The van der Waals surface area contributed by atoms with Crippen LogP contribution in [0.5, 0.6) is 0 Å². The monoisotopic (exact) mass is 217 g/mol. The molecule has 0 unspecified atom stereocenters. The Kier molecular flexibility index (Phi) is 3.99. The van der Waals surface area contributed by atoms with Crippen LogP contribution in [0.2, 0.25) is 0 Å². The minimum Gasteiger partial charge on any atom is -0.332 e. The Morgan fingerprint density at radius 1 is 1.00 bits per heavy atom. The van der Waals surface area contributed by atoms with E-state index in [1.165, 1.54) is 24.2 Å². The van der Waals surface area contributed by atoms with Crippen LogP contribution in [0, 0.1) is 11.3 Å². The van der Waals surface area contributed by atoms with Crippen LogP contribution in [-0.4, -0.2) is 18.0 Å². The summed E-state index contributed by atoms with van der Waals surface area (Å²) in [5.74, 6) is 0. The Hall–Kier alpha value is -1.07. The number of hydrogen-bond acceptors (Lipinski definition) is 2. The molecule has 1 nitrogen and oxygen atoms in total. The quantitative estimate of drug-likeness (QED) is 0.525. The van der Waals surface area contributed by atoms with Crippen molar-refractivity contribution in [1.82, 2.24) is 4.90 Å². The third kappa shape index (κ3) is 3.53. The van der Waals surface area contributed by atoms with Gasteiger partial charge < -0.3 is 4.90 Å². The van der Waals surface area contributed by atoms with Crippen molar-refractivity contribution in [2.75, 3.05) is 13.1 Å². The lowest BCUT2D eigenvalue weighted by molar-refractivity contribution is 0.327. The summed E-state index contributed by atoms with van der Waals surface area (Å²) < 4.78 is 0. The van der Waals surface area contributed by atoms with E-state index in [0.29, 0.717) is 0 Å². The topological polar surface area (TPSA) is 3.24 Å². The molecule has 0 saturated carbocycles. The largest absolute Gasteiger partial charge is 0.332 e. The van der Waals surface area contributed by atoms with Crippen LogP contribution in [0.4, 0.5) is 0 Å². The summed E-state index contributed by atoms with van der Waals surface area (Å²) in [6.07, 6.45) is 3.96. The van der Waals surface area contributed by atoms with Crippen molar-refractivity contribution in [3.8, 4) is 11.3 Å². The van der Waals surface area contributed by atoms with Crippen molar-refractivity contribution in [2.45, 2.75) is 24.2 Å². The molecular weight excluding hydrogens is 202 g/mol. The summed E-state index contributed by atoms with van der Waals surface area (Å²) in [4.78, 5) is 3.46. The standard InChI is InChI=1S/C13H15NS/c1-3-7-13(8-4-1)15-12-11-14-9-5-2-6-10-14/h1,3-4,7-8H,2,5-6,9-10H2. The number of rotatable bonds is 1. The van der Waals surface area contributed by atoms with E-state index < -0.39 is 0 Å². The van der Waals surface area contributed by atoms with Crippen LogP contribution < -0.4 is 0 Å². The molecule has 1 saturated heterocycles. The molecule has 0 amide bonds. The first kappa shape index (κ1) is 10.4. The summed E-state index contributed by atoms with van der Waals surface area (Å²) in [6, 6.07) is 13.5. The van der Waals surface area contributed by atoms with Crippen molar-refractivity contribution in [1.29, 1.82) is 0 Å². The van der Waals surface area contributed by atoms with Gasteiger partial charge in [-0.1, -0.05) is 18.2 Å². The molecule has 1 aliphatic heterocycles. The fraction of sp³-hybridized carbons (Fsp3) is 0.385. The van der Waals surface area contributed by atoms with Crippen molar-refractivity contribution < 1.29 is 0 Å². The first-order valence-corrected chi connectivity index (χ1v) is 6.24. The lowest BCUT2D eigenvalue weighted by Gasteiger charge is -2.21. The Balaban J connectivity index is 1.84. The summed E-state index contributed by atoms with van der Waals surface area (Å²) in [5.41, 5.74) is 0. The molecular formula is C13H15NS. The van der Waals surface area contributed by atoms with E-state index in [-0.39, 0.29) is 0 Å². The molecule has 1 aromatic carbocycles. The van der Waals surface area contributed by atoms with Gasteiger partial charge in [0.25, 0.3) is 0 Å². The average molecular weight is 217 g/mol. The molecule has 1 heterocycles. The second-order valence-electron chi connectivity index (χ2n) is 3.68. The zero-order valence-corrected chi connectivity index (χ0v) is 9.59. The van der Waals surface area contributed by atoms with Gasteiger partial charge in [-0.25, -0.2) is 0 Å². The molecule has 1 aliphatic rings. The van der Waals surface area contributed by atoms with Gasteiger partial charge in [0.2, 0.25) is 0 Å². The molecule has 0 bridgehead atoms. The van der Waals surface area contributed by atoms with E-state index in [1.807, 2.05) is 18.2 Å². The zero-order valence-electron chi connectivity index (χ0n) is 8.78. The van der Waals surface area contributed by atoms with Crippen molar-refractivity contribution in [3.63, 3.8) is 0 Å². The predicted molar refractivity (Wildman–Crippen MR) is 65.5 cm³/mol. The van der Waals surface area contributed by atoms with E-state index >= 15 is 0 Å². The number of hydrogen-bond donors (Lipinski definition) is 0. The molecule has 2 heteroatoms. The van der Waals surface area contributed by atoms with Gasteiger partial charge in [0.15, 0.2) is 0 Å². The van der Waals surface area contributed by atoms with Crippen LogP contribution in [0.1, 0.15) is 19.3 Å². The molecule has 2 rings (SSSR count). The second kappa shape index (κ2) is 5.72. The minimum atomic E-state index is 1.14. The molecule has 1 aromatic rings. The number of nitrogens with zero attached hydrogens (tertiary/aromatic N) is 1. The van der Waals surface area contributed by atoms with Crippen LogP contribution in [0.25, 0.3) is 0 Å². The Labute approximate surface area is 95.9 Å². The van der Waals surface area contributed by atoms with E-state index in [9.17, 15) is 0 Å². The molecule has 0 spiro atoms. The van der Waals surface area contributed by atoms with Gasteiger partial charge in [0, 0.05) is 24.0 Å². The zero-order chi connectivity index (χ0) is 10.3. The molecule has 0 radical (unpaired) electrons. The third-order valence-electron chi connectivity index (χ3n) is 2.47. The first-order chi connectivity index (χ1) is 7.45. The highest BCUT2D eigenvalue weighted by Crippen LogP contribution is 2.15. The summed E-state index contributed by atoms with van der Waals surface area (Å²) in [6.45, 7) is 2.28. The average Bonchev–Trinajstić information content (AvgIpc) is 2.32. The van der Waals surface area contributed by atoms with Gasteiger partial charge in [0.05, 0.1) is 0 Å². The van der Waals surface area contributed by atoms with Crippen molar-refractivity contribution in [3.05, 3.63) is 30.3 Å². The Morgan fingerprint density at radius 2 is 1.73 bits per heavy atom. The fourth-order valence-corrected chi connectivity index (χ4v) is 2.23. The van der Waals surface area contributed by atoms with E-state index in [1.54, 1.807) is 11.8 Å². The fourth-order valence-electron chi connectivity index (χ4n) is 1.64. The Morgan fingerprint density at radius 3 is 2.47 bits per heavy atom. The maximum absolute atomic E-state index is 3.22. The number of likely N-dealkylation sites (tertiary alicyclic amines) is 1. The molecule has 0 atom stereocenters. The van der Waals surface area contributed by atoms with E-state index in [2.05, 4.69) is 28.3 Å². The molecule has 1 fully saturated rings. The minimum absolute atomic E-state index is 1.14. The van der Waals surface area contributed by atoms with Gasteiger partial charge in [0.1, 0.15) is 0 Å². The van der Waals surface area contributed by atoms with E-state index in [4.69, 9.17) is 0 Å². The third-order valence-corrected chi connectivity index (χ3v) is 3.17. The van der Waals surface area contributed by atoms with Crippen molar-refractivity contribution >= 4 is 11.8 Å². The SMILES string of the molecule is C(#CN1CCCCC1)Sc1ccccc1. The van der Waals surface area contributed by atoms with Gasteiger partial charge >= 0.3 is 0 Å². The van der Waals surface area contributed by atoms with Gasteiger partial charge in [-0.05, 0) is 48.4 Å². The molecule has 15 heavy (non-hydrogen) atoms. The van der Waals surface area contributed by atoms with Crippen LogP contribution in [0.3, 0.4) is 0 Å². The van der Waals surface area contributed by atoms with Gasteiger partial charge in [-0.15, -0.1) is 0 Å². The van der Waals surface area contributed by atoms with Gasteiger partial charge in [-0.2, -0.15) is 0 Å². The lowest BCUT2D eigenvalue weighted by atomic mass is 10.1. The maximum atomic E-state index is 3.22. The summed E-state index contributed by atoms with van der Waals surface area (Å²) >= 11 is 1.61. The highest BCUT2D eigenvalue weighted by molar-refractivity contribution is 8.03. The molecule has 0 aliphatic carbocycles. The predicted octanol–water partition coefficient (Wildman–Crippen LogP) is 3.18. The smallest absolute Gasteiger partial charge is 0.0260 e. The molecule has 0 aromatic heterocycles. The highest BCUT2D eigenvalue weighted by Gasteiger charge is 2.04. The normalized spacial score (nSPS) is 15.6. The van der Waals surface area contributed by atoms with E-state index in [0.717, 1.165) is 13.1 Å². The molecule has 78 valence electrons. The summed E-state index contributed by atoms with van der Waals surface area (Å²) in [5, 5.41) is 3.16. The first-order valence-electron chi connectivity index (χ1n) is 5.42. The second-order valence-corrected chi connectivity index (χ2v) is 4.56. The lowest BCUT2D eigenvalue weighted by Crippen LogP contribution is -2.24. The molecule has 0 N–H and O–H groups in total. The number of piperidine rings is 1. The number of benzene rings is 1. The van der Waals surface area contributed by atoms with Crippen LogP contribution in [0.15, 0.2) is 35.2 Å². The highest BCUT2D eigenvalue weighted by atomic mass is 32.2. The van der Waals surface area contributed by atoms with Crippen LogP contribution in [-0.2, 0) is 0 Å². The summed E-state index contributed by atoms with van der Waals surface area (Å²) in [7, 11) is 0. The Bertz CT molecular complexity index is 344. The number of thioether (sulfide) groups is 1. The van der Waals surface area contributed by atoms with Crippen LogP contribution >= 0.6 is 11.8 Å².